The van der Waals surface area contributed by atoms with Crippen LogP contribution in [0.3, 0.4) is 0 Å². The zero-order valence-electron chi connectivity index (χ0n) is 16.0. The molecule has 0 saturated carbocycles. The summed E-state index contributed by atoms with van der Waals surface area (Å²) < 4.78 is 5.47. The standard InChI is InChI=1S/C21H21N7O/c1-2-6-23-18(3-1)14-24-20-25-19(15-4-5-16-12-22-13-17(16)11-15)26-21(27-20)28-7-9-29-10-8-28/h1-6,11-12H,7-10,13-14H2,(H,24,25,26,27). The fourth-order valence-corrected chi connectivity index (χ4v) is 3.40. The Kier molecular flexibility index (Phi) is 4.83. The molecule has 29 heavy (non-hydrogen) atoms. The molecule has 0 bridgehead atoms. The number of hydrogen-bond donors (Lipinski definition) is 1. The molecular weight excluding hydrogens is 366 g/mol. The molecular formula is C21H21N7O. The van der Waals surface area contributed by atoms with Crippen molar-refractivity contribution in [3.8, 4) is 11.4 Å². The number of nitrogens with one attached hydrogen (secondary N) is 1. The molecule has 0 radical (unpaired) electrons. The molecule has 3 aromatic rings. The monoisotopic (exact) mass is 387 g/mol. The predicted octanol–water partition coefficient (Wildman–Crippen LogP) is 2.31. The van der Waals surface area contributed by atoms with Crippen molar-refractivity contribution in [1.82, 2.24) is 19.9 Å². The number of morpholine rings is 1. The first-order valence-corrected chi connectivity index (χ1v) is 9.71. The fourth-order valence-electron chi connectivity index (χ4n) is 3.40. The highest BCUT2D eigenvalue weighted by atomic mass is 16.5. The van der Waals surface area contributed by atoms with Gasteiger partial charge in [-0.15, -0.1) is 0 Å². The van der Waals surface area contributed by atoms with Crippen LogP contribution < -0.4 is 10.2 Å². The second-order valence-electron chi connectivity index (χ2n) is 6.94. The minimum atomic E-state index is 0.541. The van der Waals surface area contributed by atoms with Crippen LogP contribution in [0.2, 0.25) is 0 Å². The van der Waals surface area contributed by atoms with Crippen LogP contribution in [-0.2, 0) is 17.8 Å². The molecule has 0 aliphatic carbocycles. The van der Waals surface area contributed by atoms with Crippen molar-refractivity contribution in [3.63, 3.8) is 0 Å². The average molecular weight is 387 g/mol. The number of aliphatic imine (C=N–C) groups is 1. The molecule has 2 aromatic heterocycles. The third kappa shape index (κ3) is 3.93. The van der Waals surface area contributed by atoms with Crippen LogP contribution in [-0.4, -0.2) is 52.5 Å². The van der Waals surface area contributed by atoms with Crippen LogP contribution in [0.15, 0.2) is 47.6 Å². The summed E-state index contributed by atoms with van der Waals surface area (Å²) in [6.45, 7) is 4.13. The number of anilines is 2. The first-order chi connectivity index (χ1) is 14.3. The maximum Gasteiger partial charge on any atom is 0.230 e. The summed E-state index contributed by atoms with van der Waals surface area (Å²) in [5.74, 6) is 1.86. The van der Waals surface area contributed by atoms with Crippen molar-refractivity contribution >= 4 is 18.1 Å². The summed E-state index contributed by atoms with van der Waals surface area (Å²) in [5.41, 5.74) is 4.24. The van der Waals surface area contributed by atoms with E-state index in [1.165, 1.54) is 5.56 Å². The Bertz CT molecular complexity index is 1030. The Morgan fingerprint density at radius 1 is 1.03 bits per heavy atom. The van der Waals surface area contributed by atoms with Crippen LogP contribution in [0.25, 0.3) is 11.4 Å². The number of hydrogen-bond acceptors (Lipinski definition) is 8. The van der Waals surface area contributed by atoms with E-state index in [9.17, 15) is 0 Å². The van der Waals surface area contributed by atoms with E-state index in [1.54, 1.807) is 6.20 Å². The molecule has 1 N–H and O–H groups in total. The summed E-state index contributed by atoms with van der Waals surface area (Å²) in [6.07, 6.45) is 3.69. The van der Waals surface area contributed by atoms with Crippen molar-refractivity contribution in [1.29, 1.82) is 0 Å². The Morgan fingerprint density at radius 3 is 2.83 bits per heavy atom. The van der Waals surface area contributed by atoms with Crippen LogP contribution in [0.1, 0.15) is 16.8 Å². The lowest BCUT2D eigenvalue weighted by Crippen LogP contribution is -2.37. The van der Waals surface area contributed by atoms with Crippen molar-refractivity contribution in [3.05, 3.63) is 59.4 Å². The molecule has 0 amide bonds. The quantitative estimate of drug-likeness (QED) is 0.719. The Balaban J connectivity index is 1.47. The number of aromatic nitrogens is 4. The molecule has 2 aliphatic heterocycles. The van der Waals surface area contributed by atoms with Gasteiger partial charge in [-0.3, -0.25) is 9.98 Å². The molecule has 146 valence electrons. The number of ether oxygens (including phenoxy) is 1. The van der Waals surface area contributed by atoms with Gasteiger partial charge >= 0.3 is 0 Å². The van der Waals surface area contributed by atoms with Gasteiger partial charge in [0.1, 0.15) is 0 Å². The van der Waals surface area contributed by atoms with Gasteiger partial charge in [-0.25, -0.2) is 0 Å². The largest absolute Gasteiger partial charge is 0.378 e. The summed E-state index contributed by atoms with van der Waals surface area (Å²) in [4.78, 5) is 24.9. The molecule has 0 unspecified atom stereocenters. The van der Waals surface area contributed by atoms with Gasteiger partial charge in [0.05, 0.1) is 32.0 Å². The zero-order valence-corrected chi connectivity index (χ0v) is 16.0. The normalized spacial score (nSPS) is 15.4. The first kappa shape index (κ1) is 17.7. The van der Waals surface area contributed by atoms with E-state index >= 15 is 0 Å². The van der Waals surface area contributed by atoms with Gasteiger partial charge in [-0.2, -0.15) is 15.0 Å². The molecule has 5 rings (SSSR count). The third-order valence-corrected chi connectivity index (χ3v) is 4.96. The van der Waals surface area contributed by atoms with Crippen molar-refractivity contribution < 1.29 is 4.74 Å². The maximum atomic E-state index is 5.47. The second kappa shape index (κ2) is 7.92. The summed E-state index contributed by atoms with van der Waals surface area (Å²) in [6, 6.07) is 12.1. The van der Waals surface area contributed by atoms with Crippen LogP contribution in [0.4, 0.5) is 11.9 Å². The molecule has 2 aliphatic rings. The van der Waals surface area contributed by atoms with E-state index < -0.39 is 0 Å². The topological polar surface area (TPSA) is 88.4 Å². The Hall–Kier alpha value is -3.39. The van der Waals surface area contributed by atoms with Gasteiger partial charge in [0, 0.05) is 31.1 Å². The van der Waals surface area contributed by atoms with Gasteiger partial charge in [-0.1, -0.05) is 18.2 Å². The van der Waals surface area contributed by atoms with Gasteiger partial charge < -0.3 is 15.0 Å². The highest BCUT2D eigenvalue weighted by molar-refractivity contribution is 5.85. The van der Waals surface area contributed by atoms with E-state index in [1.807, 2.05) is 30.5 Å². The highest BCUT2D eigenvalue weighted by Gasteiger charge is 2.18. The van der Waals surface area contributed by atoms with Gasteiger partial charge in [0.25, 0.3) is 0 Å². The minimum Gasteiger partial charge on any atom is -0.378 e. The number of benzene rings is 1. The highest BCUT2D eigenvalue weighted by Crippen LogP contribution is 2.25. The van der Waals surface area contributed by atoms with Crippen LogP contribution in [0, 0.1) is 0 Å². The SMILES string of the molecule is C1=NCc2cc(-c3nc(NCc4ccccn4)nc(N4CCOCC4)n3)ccc21. The average Bonchev–Trinajstić information content (AvgIpc) is 3.27. The predicted molar refractivity (Wildman–Crippen MR) is 111 cm³/mol. The lowest BCUT2D eigenvalue weighted by Gasteiger charge is -2.27. The number of nitrogens with zero attached hydrogens (tertiary/aromatic N) is 6. The van der Waals surface area contributed by atoms with Gasteiger partial charge in [0.2, 0.25) is 11.9 Å². The van der Waals surface area contributed by atoms with Crippen LogP contribution >= 0.6 is 0 Å². The number of pyridine rings is 1. The van der Waals surface area contributed by atoms with Crippen molar-refractivity contribution in [2.24, 2.45) is 4.99 Å². The lowest BCUT2D eigenvalue weighted by molar-refractivity contribution is 0.122. The number of fused-ring (bicyclic) bond motifs is 1. The third-order valence-electron chi connectivity index (χ3n) is 4.96. The molecule has 1 saturated heterocycles. The summed E-state index contributed by atoms with van der Waals surface area (Å²) in [5, 5.41) is 3.30. The van der Waals surface area contributed by atoms with E-state index in [2.05, 4.69) is 42.3 Å². The molecule has 4 heterocycles. The molecule has 0 spiro atoms. The van der Waals surface area contributed by atoms with Gasteiger partial charge in [-0.05, 0) is 29.3 Å². The Labute approximate surface area is 168 Å². The fraction of sp³-hybridized carbons (Fsp3) is 0.286. The molecule has 0 atom stereocenters. The van der Waals surface area contributed by atoms with E-state index in [-0.39, 0.29) is 0 Å². The Morgan fingerprint density at radius 2 is 1.97 bits per heavy atom. The summed E-state index contributed by atoms with van der Waals surface area (Å²) >= 11 is 0. The maximum absolute atomic E-state index is 5.47. The van der Waals surface area contributed by atoms with E-state index in [4.69, 9.17) is 9.72 Å². The van der Waals surface area contributed by atoms with Crippen molar-refractivity contribution in [2.75, 3.05) is 36.5 Å². The minimum absolute atomic E-state index is 0.541. The van der Waals surface area contributed by atoms with Crippen LogP contribution in [0.5, 0.6) is 0 Å². The number of rotatable bonds is 5. The van der Waals surface area contributed by atoms with Crippen molar-refractivity contribution in [2.45, 2.75) is 13.1 Å². The van der Waals surface area contributed by atoms with Gasteiger partial charge in [0.15, 0.2) is 5.82 Å². The molecule has 8 nitrogen and oxygen atoms in total. The molecule has 8 heteroatoms. The van der Waals surface area contributed by atoms with E-state index in [0.29, 0.717) is 44.0 Å². The second-order valence-corrected chi connectivity index (χ2v) is 6.94. The van der Waals surface area contributed by atoms with E-state index in [0.717, 1.165) is 29.9 Å². The smallest absolute Gasteiger partial charge is 0.230 e. The molecule has 1 aromatic carbocycles. The molecule has 1 fully saturated rings. The summed E-state index contributed by atoms with van der Waals surface area (Å²) in [7, 11) is 0. The zero-order chi connectivity index (χ0) is 19.5. The lowest BCUT2D eigenvalue weighted by atomic mass is 10.1. The first-order valence-electron chi connectivity index (χ1n) is 9.71.